The molecule has 0 spiro atoms. The van der Waals surface area contributed by atoms with Crippen LogP contribution in [0, 0.1) is 6.92 Å². The number of hydrogen-bond donors (Lipinski definition) is 0. The number of benzene rings is 3. The molecule has 0 bridgehead atoms. The largest absolute Gasteiger partial charge is 0.423 e. The number of carbonyl (C=O) groups is 1. The molecule has 3 rings (SSSR count). The minimum absolute atomic E-state index is 0.440. The fourth-order valence-corrected chi connectivity index (χ4v) is 2.57. The summed E-state index contributed by atoms with van der Waals surface area (Å²) >= 11 is 0. The molecular formula is C18H14O2. The molecule has 0 aliphatic heterocycles. The zero-order valence-electron chi connectivity index (χ0n) is 11.2. The molecule has 0 heterocycles. The van der Waals surface area contributed by atoms with Gasteiger partial charge in [0.05, 0.1) is 0 Å². The predicted octanol–water partition coefficient (Wildman–Crippen LogP) is 4.39. The Bertz CT molecular complexity index is 831. The summed E-state index contributed by atoms with van der Waals surface area (Å²) in [5.74, 6) is 0.140. The van der Waals surface area contributed by atoms with E-state index in [1.165, 1.54) is 16.8 Å². The molecule has 0 atom stereocenters. The molecule has 0 aromatic heterocycles. The lowest BCUT2D eigenvalue weighted by atomic mass is 9.97. The van der Waals surface area contributed by atoms with E-state index in [0.717, 1.165) is 16.3 Å². The standard InChI is InChI=1S/C18H14O2/c1-3-17(19)20-16-10-6-8-14-11-13-7-4-5-9-15(13)12(2)18(14)16/h3-11H,1H2,2H3. The van der Waals surface area contributed by atoms with Crippen molar-refractivity contribution < 1.29 is 9.53 Å². The van der Waals surface area contributed by atoms with E-state index in [-0.39, 0.29) is 0 Å². The van der Waals surface area contributed by atoms with E-state index >= 15 is 0 Å². The van der Waals surface area contributed by atoms with Gasteiger partial charge in [0.15, 0.2) is 0 Å². The molecule has 3 aromatic carbocycles. The minimum Gasteiger partial charge on any atom is -0.423 e. The lowest BCUT2D eigenvalue weighted by Crippen LogP contribution is -2.03. The number of aryl methyl sites for hydroxylation is 1. The number of fused-ring (bicyclic) bond motifs is 2. The predicted molar refractivity (Wildman–Crippen MR) is 82.0 cm³/mol. The fourth-order valence-electron chi connectivity index (χ4n) is 2.57. The van der Waals surface area contributed by atoms with Crippen molar-refractivity contribution in [1.82, 2.24) is 0 Å². The van der Waals surface area contributed by atoms with Crippen LogP contribution >= 0.6 is 0 Å². The number of esters is 1. The highest BCUT2D eigenvalue weighted by molar-refractivity contribution is 6.05. The molecule has 0 aliphatic rings. The van der Waals surface area contributed by atoms with E-state index in [2.05, 4.69) is 31.7 Å². The molecule has 3 aromatic rings. The Labute approximate surface area is 117 Å². The maximum absolute atomic E-state index is 11.5. The second kappa shape index (κ2) is 4.82. The van der Waals surface area contributed by atoms with Crippen LogP contribution in [-0.4, -0.2) is 5.97 Å². The Morgan fingerprint density at radius 2 is 1.85 bits per heavy atom. The van der Waals surface area contributed by atoms with Gasteiger partial charge in [0.25, 0.3) is 0 Å². The number of hydrogen-bond acceptors (Lipinski definition) is 2. The molecule has 20 heavy (non-hydrogen) atoms. The van der Waals surface area contributed by atoms with Gasteiger partial charge in [-0.3, -0.25) is 0 Å². The van der Waals surface area contributed by atoms with Gasteiger partial charge in [0, 0.05) is 11.5 Å². The average molecular weight is 262 g/mol. The van der Waals surface area contributed by atoms with Crippen molar-refractivity contribution in [2.75, 3.05) is 0 Å². The zero-order valence-corrected chi connectivity index (χ0v) is 11.2. The Kier molecular flexibility index (Phi) is 2.99. The summed E-state index contributed by atoms with van der Waals surface area (Å²) in [4.78, 5) is 11.5. The van der Waals surface area contributed by atoms with Crippen LogP contribution < -0.4 is 4.74 Å². The molecule has 0 aliphatic carbocycles. The van der Waals surface area contributed by atoms with Gasteiger partial charge in [0.2, 0.25) is 0 Å². The first-order valence-electron chi connectivity index (χ1n) is 6.46. The van der Waals surface area contributed by atoms with Crippen LogP contribution in [0.5, 0.6) is 5.75 Å². The van der Waals surface area contributed by atoms with Crippen molar-refractivity contribution in [3.63, 3.8) is 0 Å². The second-order valence-corrected chi connectivity index (χ2v) is 4.70. The molecular weight excluding hydrogens is 248 g/mol. The summed E-state index contributed by atoms with van der Waals surface area (Å²) in [5, 5.41) is 4.39. The third kappa shape index (κ3) is 1.95. The van der Waals surface area contributed by atoms with E-state index in [9.17, 15) is 4.79 Å². The van der Waals surface area contributed by atoms with Crippen molar-refractivity contribution >= 4 is 27.5 Å². The first-order valence-corrected chi connectivity index (χ1v) is 6.46. The molecule has 0 N–H and O–H groups in total. The highest BCUT2D eigenvalue weighted by atomic mass is 16.5. The van der Waals surface area contributed by atoms with Crippen LogP contribution in [0.25, 0.3) is 21.5 Å². The monoisotopic (exact) mass is 262 g/mol. The first kappa shape index (κ1) is 12.4. The van der Waals surface area contributed by atoms with Crippen LogP contribution in [0.15, 0.2) is 61.2 Å². The Hall–Kier alpha value is -2.61. The highest BCUT2D eigenvalue weighted by Crippen LogP contribution is 2.34. The fraction of sp³-hybridized carbons (Fsp3) is 0.0556. The molecule has 0 unspecified atom stereocenters. The van der Waals surface area contributed by atoms with Crippen molar-refractivity contribution in [3.05, 3.63) is 66.7 Å². The number of ether oxygens (including phenoxy) is 1. The van der Waals surface area contributed by atoms with Gasteiger partial charge in [-0.25, -0.2) is 4.79 Å². The third-order valence-electron chi connectivity index (χ3n) is 3.49. The molecule has 0 radical (unpaired) electrons. The molecule has 0 amide bonds. The first-order chi connectivity index (χ1) is 9.70. The van der Waals surface area contributed by atoms with Gasteiger partial charge < -0.3 is 4.74 Å². The lowest BCUT2D eigenvalue weighted by molar-refractivity contribution is -0.128. The summed E-state index contributed by atoms with van der Waals surface area (Å²) < 4.78 is 5.35. The molecule has 2 heteroatoms. The van der Waals surface area contributed by atoms with Gasteiger partial charge in [0.1, 0.15) is 5.75 Å². The normalized spacial score (nSPS) is 10.7. The summed E-state index contributed by atoms with van der Waals surface area (Å²) in [6.45, 7) is 5.49. The van der Waals surface area contributed by atoms with Gasteiger partial charge in [-0.1, -0.05) is 43.0 Å². The van der Waals surface area contributed by atoms with Crippen LogP contribution in [0.2, 0.25) is 0 Å². The van der Waals surface area contributed by atoms with Crippen molar-refractivity contribution in [2.45, 2.75) is 6.92 Å². The topological polar surface area (TPSA) is 26.3 Å². The Balaban J connectivity index is 2.35. The summed E-state index contributed by atoms with van der Waals surface area (Å²) in [6, 6.07) is 16.0. The van der Waals surface area contributed by atoms with Crippen molar-refractivity contribution in [1.29, 1.82) is 0 Å². The van der Waals surface area contributed by atoms with E-state index in [4.69, 9.17) is 4.74 Å². The number of rotatable bonds is 2. The van der Waals surface area contributed by atoms with Crippen molar-refractivity contribution in [2.24, 2.45) is 0 Å². The summed E-state index contributed by atoms with van der Waals surface area (Å²) in [7, 11) is 0. The van der Waals surface area contributed by atoms with E-state index in [1.807, 2.05) is 30.3 Å². The van der Waals surface area contributed by atoms with Crippen LogP contribution in [0.1, 0.15) is 5.56 Å². The maximum Gasteiger partial charge on any atom is 0.335 e. The summed E-state index contributed by atoms with van der Waals surface area (Å²) in [6.07, 6.45) is 1.18. The van der Waals surface area contributed by atoms with Gasteiger partial charge in [-0.05, 0) is 40.8 Å². The Morgan fingerprint density at radius 1 is 1.10 bits per heavy atom. The van der Waals surface area contributed by atoms with E-state index in [0.29, 0.717) is 5.75 Å². The summed E-state index contributed by atoms with van der Waals surface area (Å²) in [5.41, 5.74) is 1.12. The van der Waals surface area contributed by atoms with E-state index in [1.54, 1.807) is 0 Å². The van der Waals surface area contributed by atoms with E-state index < -0.39 is 5.97 Å². The van der Waals surface area contributed by atoms with Gasteiger partial charge in [-0.15, -0.1) is 0 Å². The quantitative estimate of drug-likeness (QED) is 0.296. The molecule has 0 saturated heterocycles. The molecule has 0 fully saturated rings. The average Bonchev–Trinajstić information content (AvgIpc) is 2.47. The third-order valence-corrected chi connectivity index (χ3v) is 3.49. The maximum atomic E-state index is 11.5. The molecule has 98 valence electrons. The SMILES string of the molecule is C=CC(=O)Oc1cccc2cc3ccccc3c(C)c12. The van der Waals surface area contributed by atoms with Crippen LogP contribution in [0.3, 0.4) is 0 Å². The smallest absolute Gasteiger partial charge is 0.335 e. The highest BCUT2D eigenvalue weighted by Gasteiger charge is 2.10. The second-order valence-electron chi connectivity index (χ2n) is 4.70. The van der Waals surface area contributed by atoms with Crippen LogP contribution in [0.4, 0.5) is 0 Å². The molecule has 2 nitrogen and oxygen atoms in total. The van der Waals surface area contributed by atoms with Gasteiger partial charge >= 0.3 is 5.97 Å². The van der Waals surface area contributed by atoms with Crippen molar-refractivity contribution in [3.8, 4) is 5.75 Å². The minimum atomic E-state index is -0.440. The van der Waals surface area contributed by atoms with Crippen LogP contribution in [-0.2, 0) is 4.79 Å². The Morgan fingerprint density at radius 3 is 2.65 bits per heavy atom. The van der Waals surface area contributed by atoms with Gasteiger partial charge in [-0.2, -0.15) is 0 Å². The zero-order chi connectivity index (χ0) is 14.1. The number of carbonyl (C=O) groups excluding carboxylic acids is 1. The molecule has 0 saturated carbocycles. The lowest BCUT2D eigenvalue weighted by Gasteiger charge is -2.11.